The maximum atomic E-state index is 13.0. The van der Waals surface area contributed by atoms with E-state index < -0.39 is 11.7 Å². The van der Waals surface area contributed by atoms with Crippen LogP contribution in [-0.2, 0) is 22.9 Å². The maximum absolute atomic E-state index is 13.0. The van der Waals surface area contributed by atoms with Crippen LogP contribution < -0.4 is 5.32 Å². The molecule has 0 bridgehead atoms. The number of halogens is 4. The van der Waals surface area contributed by atoms with Crippen LogP contribution in [0.5, 0.6) is 0 Å². The highest BCUT2D eigenvalue weighted by Crippen LogP contribution is 2.34. The normalized spacial score (nSPS) is 15.2. The highest BCUT2D eigenvalue weighted by Gasteiger charge is 2.31. The van der Waals surface area contributed by atoms with Crippen LogP contribution in [0.3, 0.4) is 0 Å². The Morgan fingerprint density at radius 2 is 1.69 bits per heavy atom. The molecule has 1 heterocycles. The lowest BCUT2D eigenvalue weighted by molar-refractivity contribution is -0.137. The van der Waals surface area contributed by atoms with Crippen LogP contribution >= 0.6 is 23.8 Å². The summed E-state index contributed by atoms with van der Waals surface area (Å²) in [5.41, 5.74) is 1.97. The average Bonchev–Trinajstić information content (AvgIpc) is 2.79. The van der Waals surface area contributed by atoms with Crippen molar-refractivity contribution in [3.63, 3.8) is 0 Å². The number of morpholine rings is 1. The second-order valence-electron chi connectivity index (χ2n) is 9.80. The Hall–Kier alpha value is -1.87. The highest BCUT2D eigenvalue weighted by atomic mass is 35.5. The predicted molar refractivity (Wildman–Crippen MR) is 140 cm³/mol. The number of benzene rings is 2. The Balaban J connectivity index is 1.71. The van der Waals surface area contributed by atoms with Crippen LogP contribution in [0.4, 0.5) is 18.9 Å². The van der Waals surface area contributed by atoms with Gasteiger partial charge in [-0.05, 0) is 53.4 Å². The molecule has 3 rings (SSSR count). The number of nitrogens with one attached hydrogen (secondary N) is 1. The summed E-state index contributed by atoms with van der Waals surface area (Å²) in [6.07, 6.45) is -3.56. The van der Waals surface area contributed by atoms with E-state index in [0.717, 1.165) is 57.0 Å². The van der Waals surface area contributed by atoms with Crippen LogP contribution in [0.15, 0.2) is 42.5 Å². The molecule has 1 aliphatic rings. The lowest BCUT2D eigenvalue weighted by Crippen LogP contribution is -2.40. The Labute approximate surface area is 216 Å². The first kappa shape index (κ1) is 27.7. The van der Waals surface area contributed by atoms with Gasteiger partial charge in [0, 0.05) is 32.7 Å². The molecule has 1 aliphatic heterocycles. The fraction of sp³-hybridized carbons (Fsp3) is 0.500. The van der Waals surface area contributed by atoms with Crippen molar-refractivity contribution in [3.05, 3.63) is 64.2 Å². The Morgan fingerprint density at radius 3 is 2.26 bits per heavy atom. The average molecular weight is 528 g/mol. The van der Waals surface area contributed by atoms with Crippen LogP contribution in [0.2, 0.25) is 5.02 Å². The van der Waals surface area contributed by atoms with Crippen LogP contribution in [0.25, 0.3) is 0 Å². The Bertz CT molecular complexity index is 987. The van der Waals surface area contributed by atoms with Gasteiger partial charge in [-0.3, -0.25) is 4.90 Å². The van der Waals surface area contributed by atoms with E-state index in [9.17, 15) is 13.2 Å². The molecule has 2 aromatic carbocycles. The molecule has 4 nitrogen and oxygen atoms in total. The van der Waals surface area contributed by atoms with Gasteiger partial charge in [-0.15, -0.1) is 0 Å². The van der Waals surface area contributed by atoms with Crippen molar-refractivity contribution in [3.8, 4) is 0 Å². The molecule has 192 valence electrons. The monoisotopic (exact) mass is 527 g/mol. The summed E-state index contributed by atoms with van der Waals surface area (Å²) in [4.78, 5) is 4.40. The van der Waals surface area contributed by atoms with E-state index in [2.05, 4.69) is 55.3 Å². The molecule has 0 aromatic heterocycles. The van der Waals surface area contributed by atoms with E-state index in [1.54, 1.807) is 0 Å². The Morgan fingerprint density at radius 1 is 1.06 bits per heavy atom. The molecule has 0 spiro atoms. The van der Waals surface area contributed by atoms with Crippen LogP contribution in [0.1, 0.15) is 43.9 Å². The fourth-order valence-corrected chi connectivity index (χ4v) is 4.37. The smallest absolute Gasteiger partial charge is 0.379 e. The first-order valence-electron chi connectivity index (χ1n) is 11.8. The van der Waals surface area contributed by atoms with Gasteiger partial charge in [-0.1, -0.05) is 56.6 Å². The third-order valence-corrected chi connectivity index (χ3v) is 6.70. The van der Waals surface area contributed by atoms with E-state index in [-0.39, 0.29) is 10.4 Å². The summed E-state index contributed by atoms with van der Waals surface area (Å²) in [6.45, 7) is 12.0. The molecule has 0 aliphatic carbocycles. The second-order valence-corrected chi connectivity index (χ2v) is 10.6. The van der Waals surface area contributed by atoms with Gasteiger partial charge in [-0.25, -0.2) is 0 Å². The van der Waals surface area contributed by atoms with Gasteiger partial charge < -0.3 is 15.0 Å². The molecular weight excluding hydrogens is 495 g/mol. The molecule has 2 aromatic rings. The first-order valence-corrected chi connectivity index (χ1v) is 12.5. The van der Waals surface area contributed by atoms with Gasteiger partial charge in [0.2, 0.25) is 0 Å². The van der Waals surface area contributed by atoms with E-state index in [1.165, 1.54) is 11.6 Å². The van der Waals surface area contributed by atoms with Gasteiger partial charge >= 0.3 is 6.18 Å². The zero-order valence-electron chi connectivity index (χ0n) is 20.4. The highest BCUT2D eigenvalue weighted by molar-refractivity contribution is 7.80. The third-order valence-electron chi connectivity index (χ3n) is 6.02. The number of ether oxygens (including phenoxy) is 1. The van der Waals surface area contributed by atoms with Crippen LogP contribution in [0, 0.1) is 0 Å². The van der Waals surface area contributed by atoms with Crippen molar-refractivity contribution in [1.29, 1.82) is 0 Å². The lowest BCUT2D eigenvalue weighted by atomic mass is 9.87. The molecule has 0 unspecified atom stereocenters. The van der Waals surface area contributed by atoms with Crippen molar-refractivity contribution >= 4 is 34.6 Å². The summed E-state index contributed by atoms with van der Waals surface area (Å²) in [5, 5.41) is 3.46. The predicted octanol–water partition coefficient (Wildman–Crippen LogP) is 6.58. The van der Waals surface area contributed by atoms with Crippen molar-refractivity contribution in [2.75, 3.05) is 44.7 Å². The summed E-state index contributed by atoms with van der Waals surface area (Å²) in [6, 6.07) is 11.7. The standard InChI is InChI=1S/C26H33ClF3N3OS/c1-25(2,3)20-7-5-19(6-8-20)18-33(12-4-11-32-13-15-34-16-14-32)24(35)31-23-10-9-21(17-22(23)27)26(28,29)30/h5-10,17H,4,11-16,18H2,1-3H3,(H,31,35). The molecule has 1 N–H and O–H groups in total. The molecule has 1 saturated heterocycles. The molecule has 0 saturated carbocycles. The molecule has 0 amide bonds. The van der Waals surface area contributed by atoms with Crippen molar-refractivity contribution in [2.45, 2.75) is 45.3 Å². The van der Waals surface area contributed by atoms with Gasteiger partial charge in [0.05, 0.1) is 29.5 Å². The molecule has 0 atom stereocenters. The van der Waals surface area contributed by atoms with Gasteiger partial charge in [0.15, 0.2) is 5.11 Å². The minimum absolute atomic E-state index is 0.0232. The lowest BCUT2D eigenvalue weighted by Gasteiger charge is -2.30. The van der Waals surface area contributed by atoms with Crippen molar-refractivity contribution in [2.24, 2.45) is 0 Å². The van der Waals surface area contributed by atoms with E-state index in [1.807, 2.05) is 4.90 Å². The second kappa shape index (κ2) is 11.9. The minimum Gasteiger partial charge on any atom is -0.379 e. The zero-order valence-corrected chi connectivity index (χ0v) is 22.0. The number of alkyl halides is 3. The molecule has 1 fully saturated rings. The number of hydrogen-bond donors (Lipinski definition) is 1. The fourth-order valence-electron chi connectivity index (χ4n) is 3.88. The van der Waals surface area contributed by atoms with E-state index >= 15 is 0 Å². The van der Waals surface area contributed by atoms with Gasteiger partial charge in [0.1, 0.15) is 0 Å². The molecular formula is C26H33ClF3N3OS. The summed E-state index contributed by atoms with van der Waals surface area (Å²) < 4.78 is 44.4. The van der Waals surface area contributed by atoms with Crippen molar-refractivity contribution in [1.82, 2.24) is 9.80 Å². The van der Waals surface area contributed by atoms with Gasteiger partial charge in [0.25, 0.3) is 0 Å². The first-order chi connectivity index (χ1) is 16.4. The number of anilines is 1. The third kappa shape index (κ3) is 8.34. The van der Waals surface area contributed by atoms with Crippen LogP contribution in [-0.4, -0.2) is 54.3 Å². The minimum atomic E-state index is -4.45. The summed E-state index contributed by atoms with van der Waals surface area (Å²) in [5.74, 6) is 0. The maximum Gasteiger partial charge on any atom is 0.416 e. The molecule has 9 heteroatoms. The topological polar surface area (TPSA) is 27.7 Å². The SMILES string of the molecule is CC(C)(C)c1ccc(CN(CCCN2CCOCC2)C(=S)Nc2ccc(C(F)(F)F)cc2Cl)cc1. The number of hydrogen-bond acceptors (Lipinski definition) is 3. The van der Waals surface area contributed by atoms with E-state index in [4.69, 9.17) is 28.6 Å². The number of nitrogens with zero attached hydrogens (tertiary/aromatic N) is 2. The number of rotatable bonds is 7. The van der Waals surface area contributed by atoms with E-state index in [0.29, 0.717) is 23.9 Å². The summed E-state index contributed by atoms with van der Waals surface area (Å²) in [7, 11) is 0. The van der Waals surface area contributed by atoms with Crippen molar-refractivity contribution < 1.29 is 17.9 Å². The molecule has 0 radical (unpaired) electrons. The molecule has 35 heavy (non-hydrogen) atoms. The zero-order chi connectivity index (χ0) is 25.6. The Kier molecular flexibility index (Phi) is 9.43. The van der Waals surface area contributed by atoms with Gasteiger partial charge in [-0.2, -0.15) is 13.2 Å². The quantitative estimate of drug-likeness (QED) is 0.411. The largest absolute Gasteiger partial charge is 0.416 e. The summed E-state index contributed by atoms with van der Waals surface area (Å²) >= 11 is 11.8. The number of thiocarbonyl (C=S) groups is 1.